The van der Waals surface area contributed by atoms with Gasteiger partial charge in [-0.3, -0.25) is 9.48 Å². The van der Waals surface area contributed by atoms with Gasteiger partial charge in [-0.2, -0.15) is 5.10 Å². The zero-order chi connectivity index (χ0) is 14.4. The Balaban J connectivity index is 2.18. The van der Waals surface area contributed by atoms with Gasteiger partial charge in [0.05, 0.1) is 5.69 Å². The summed E-state index contributed by atoms with van der Waals surface area (Å²) in [7, 11) is 1.72. The monoisotopic (exact) mass is 277 g/mol. The molecular weight excluding hydrogens is 264 g/mol. The van der Waals surface area contributed by atoms with Crippen molar-refractivity contribution in [2.45, 2.75) is 19.3 Å². The molecule has 0 aliphatic carbocycles. The van der Waals surface area contributed by atoms with Gasteiger partial charge in [0, 0.05) is 31.0 Å². The van der Waals surface area contributed by atoms with E-state index in [2.05, 4.69) is 10.4 Å². The lowest BCUT2D eigenvalue weighted by atomic mass is 9.85. The quantitative estimate of drug-likeness (QED) is 0.870. The summed E-state index contributed by atoms with van der Waals surface area (Å²) >= 11 is 0. The van der Waals surface area contributed by atoms with Crippen molar-refractivity contribution in [2.75, 3.05) is 5.32 Å². The lowest BCUT2D eigenvalue weighted by Crippen LogP contribution is -2.25. The van der Waals surface area contributed by atoms with E-state index < -0.39 is 17.6 Å². The number of nitrogens with zero attached hydrogens (tertiary/aromatic N) is 2. The summed E-state index contributed by atoms with van der Waals surface area (Å²) in [5.74, 6) is -1.33. The second-order valence-corrected chi connectivity index (χ2v) is 4.94. The van der Waals surface area contributed by atoms with E-state index >= 15 is 0 Å². The Hall–Kier alpha value is -2.24. The van der Waals surface area contributed by atoms with Crippen LogP contribution in [0.3, 0.4) is 0 Å². The van der Waals surface area contributed by atoms with Crippen molar-refractivity contribution in [3.63, 3.8) is 0 Å². The maximum Gasteiger partial charge on any atom is 0.226 e. The summed E-state index contributed by atoms with van der Waals surface area (Å²) in [4.78, 5) is 11.8. The van der Waals surface area contributed by atoms with E-state index in [1.807, 2.05) is 6.92 Å². The molecule has 0 fully saturated rings. The molecule has 0 spiro atoms. The summed E-state index contributed by atoms with van der Waals surface area (Å²) in [6.45, 7) is 1.81. The van der Waals surface area contributed by atoms with Gasteiger partial charge in [0.2, 0.25) is 5.91 Å². The SMILES string of the molecule is Cc1nn(C)c2c1C(c1ccc(F)cc1F)CC(=O)N2. The number of aryl methyl sites for hydroxylation is 2. The topological polar surface area (TPSA) is 46.9 Å². The average Bonchev–Trinajstić information content (AvgIpc) is 2.64. The van der Waals surface area contributed by atoms with E-state index in [0.717, 1.165) is 17.3 Å². The molecule has 104 valence electrons. The number of amides is 1. The van der Waals surface area contributed by atoms with Crippen LogP contribution in [0.2, 0.25) is 0 Å². The Morgan fingerprint density at radius 1 is 1.40 bits per heavy atom. The highest BCUT2D eigenvalue weighted by atomic mass is 19.1. The molecule has 0 bridgehead atoms. The second-order valence-electron chi connectivity index (χ2n) is 4.94. The third-order valence-electron chi connectivity index (χ3n) is 3.60. The molecular formula is C14H13F2N3O. The molecule has 2 aromatic rings. The van der Waals surface area contributed by atoms with Gasteiger partial charge in [-0.25, -0.2) is 8.78 Å². The van der Waals surface area contributed by atoms with Crippen LogP contribution in [-0.4, -0.2) is 15.7 Å². The molecule has 6 heteroatoms. The van der Waals surface area contributed by atoms with Crippen LogP contribution in [0.1, 0.15) is 29.2 Å². The first-order valence-corrected chi connectivity index (χ1v) is 6.25. The van der Waals surface area contributed by atoms with E-state index in [0.29, 0.717) is 11.4 Å². The highest BCUT2D eigenvalue weighted by Crippen LogP contribution is 2.39. The van der Waals surface area contributed by atoms with Crippen LogP contribution in [0.4, 0.5) is 14.6 Å². The van der Waals surface area contributed by atoms with Gasteiger partial charge in [0.25, 0.3) is 0 Å². The molecule has 1 amide bonds. The Bertz CT molecular complexity index is 709. The standard InChI is InChI=1S/C14H13F2N3O/c1-7-13-10(9-4-3-8(15)5-11(9)16)6-12(20)17-14(13)19(2)18-7/h3-5,10H,6H2,1-2H3,(H,17,20). The Labute approximate surface area is 114 Å². The number of carbonyl (C=O) groups excluding carboxylic acids is 1. The number of fused-ring (bicyclic) bond motifs is 1. The van der Waals surface area contributed by atoms with Gasteiger partial charge in [0.1, 0.15) is 17.5 Å². The lowest BCUT2D eigenvalue weighted by Gasteiger charge is -2.24. The minimum atomic E-state index is -0.640. The first kappa shape index (κ1) is 12.8. The molecule has 1 aliphatic heterocycles. The summed E-state index contributed by atoms with van der Waals surface area (Å²) in [6, 6.07) is 3.44. The van der Waals surface area contributed by atoms with Crippen molar-refractivity contribution in [3.8, 4) is 0 Å². The predicted octanol–water partition coefficient (Wildman–Crippen LogP) is 2.48. The first-order chi connectivity index (χ1) is 9.47. The molecule has 0 saturated carbocycles. The molecule has 4 nitrogen and oxygen atoms in total. The molecule has 1 aliphatic rings. The number of nitrogens with one attached hydrogen (secondary N) is 1. The van der Waals surface area contributed by atoms with Crippen molar-refractivity contribution in [1.29, 1.82) is 0 Å². The minimum Gasteiger partial charge on any atom is -0.311 e. The number of aromatic nitrogens is 2. The number of benzene rings is 1. The van der Waals surface area contributed by atoms with E-state index in [9.17, 15) is 13.6 Å². The summed E-state index contributed by atoms with van der Waals surface area (Å²) in [5, 5.41) is 7.00. The number of hydrogen-bond donors (Lipinski definition) is 1. The second kappa shape index (κ2) is 4.40. The zero-order valence-corrected chi connectivity index (χ0v) is 11.1. The third kappa shape index (κ3) is 1.88. The Morgan fingerprint density at radius 3 is 2.85 bits per heavy atom. The van der Waals surface area contributed by atoms with Crippen molar-refractivity contribution in [2.24, 2.45) is 7.05 Å². The van der Waals surface area contributed by atoms with E-state index in [4.69, 9.17) is 0 Å². The fourth-order valence-corrected chi connectivity index (χ4v) is 2.76. The smallest absolute Gasteiger partial charge is 0.226 e. The first-order valence-electron chi connectivity index (χ1n) is 6.25. The number of hydrogen-bond acceptors (Lipinski definition) is 2. The number of rotatable bonds is 1. The summed E-state index contributed by atoms with van der Waals surface area (Å²) in [6.07, 6.45) is 0.127. The molecule has 1 aromatic heterocycles. The Morgan fingerprint density at radius 2 is 2.15 bits per heavy atom. The van der Waals surface area contributed by atoms with Gasteiger partial charge >= 0.3 is 0 Å². The van der Waals surface area contributed by atoms with E-state index in [1.54, 1.807) is 11.7 Å². The van der Waals surface area contributed by atoms with Crippen LogP contribution in [0.15, 0.2) is 18.2 Å². The highest BCUT2D eigenvalue weighted by molar-refractivity contribution is 5.94. The molecule has 1 atom stereocenters. The maximum absolute atomic E-state index is 14.0. The molecule has 1 aromatic carbocycles. The minimum absolute atomic E-state index is 0.127. The lowest BCUT2D eigenvalue weighted by molar-refractivity contribution is -0.116. The number of halogens is 2. The van der Waals surface area contributed by atoms with Crippen molar-refractivity contribution >= 4 is 11.7 Å². The van der Waals surface area contributed by atoms with Crippen molar-refractivity contribution in [3.05, 3.63) is 46.7 Å². The fraction of sp³-hybridized carbons (Fsp3) is 0.286. The molecule has 3 rings (SSSR count). The largest absolute Gasteiger partial charge is 0.311 e. The van der Waals surface area contributed by atoms with Gasteiger partial charge < -0.3 is 5.32 Å². The van der Waals surface area contributed by atoms with Crippen LogP contribution in [0, 0.1) is 18.6 Å². The average molecular weight is 277 g/mol. The maximum atomic E-state index is 14.0. The summed E-state index contributed by atoms with van der Waals surface area (Å²) in [5.41, 5.74) is 1.84. The van der Waals surface area contributed by atoms with Crippen LogP contribution >= 0.6 is 0 Å². The summed E-state index contributed by atoms with van der Waals surface area (Å²) < 4.78 is 28.6. The fourth-order valence-electron chi connectivity index (χ4n) is 2.76. The molecule has 0 radical (unpaired) electrons. The molecule has 0 saturated heterocycles. The van der Waals surface area contributed by atoms with Gasteiger partial charge in [0.15, 0.2) is 0 Å². The van der Waals surface area contributed by atoms with Crippen LogP contribution < -0.4 is 5.32 Å². The number of anilines is 1. The highest BCUT2D eigenvalue weighted by Gasteiger charge is 2.32. The van der Waals surface area contributed by atoms with Gasteiger partial charge in [-0.1, -0.05) is 6.07 Å². The molecule has 20 heavy (non-hydrogen) atoms. The van der Waals surface area contributed by atoms with Crippen LogP contribution in [0.5, 0.6) is 0 Å². The van der Waals surface area contributed by atoms with Crippen molar-refractivity contribution < 1.29 is 13.6 Å². The predicted molar refractivity (Wildman–Crippen MR) is 69.4 cm³/mol. The normalized spacial score (nSPS) is 17.8. The van der Waals surface area contributed by atoms with Gasteiger partial charge in [-0.05, 0) is 18.6 Å². The van der Waals surface area contributed by atoms with Crippen molar-refractivity contribution in [1.82, 2.24) is 9.78 Å². The molecule has 1 unspecified atom stereocenters. The van der Waals surface area contributed by atoms with E-state index in [-0.39, 0.29) is 12.3 Å². The molecule has 1 N–H and O–H groups in total. The van der Waals surface area contributed by atoms with Gasteiger partial charge in [-0.15, -0.1) is 0 Å². The van der Waals surface area contributed by atoms with Crippen LogP contribution in [0.25, 0.3) is 0 Å². The van der Waals surface area contributed by atoms with Crippen LogP contribution in [-0.2, 0) is 11.8 Å². The Kier molecular flexibility index (Phi) is 2.81. The number of carbonyl (C=O) groups is 1. The molecule has 2 heterocycles. The zero-order valence-electron chi connectivity index (χ0n) is 11.1. The van der Waals surface area contributed by atoms with E-state index in [1.165, 1.54) is 12.1 Å². The third-order valence-corrected chi connectivity index (χ3v) is 3.60.